The Hall–Kier alpha value is -1.10. The first kappa shape index (κ1) is 17.0. The van der Waals surface area contributed by atoms with Crippen LogP contribution in [0.2, 0.25) is 0 Å². The van der Waals surface area contributed by atoms with Gasteiger partial charge in [-0.25, -0.2) is 0 Å². The van der Waals surface area contributed by atoms with Crippen LogP contribution in [0.5, 0.6) is 5.75 Å². The van der Waals surface area contributed by atoms with Crippen LogP contribution < -0.4 is 10.1 Å². The normalized spacial score (nSPS) is 11.1. The van der Waals surface area contributed by atoms with Crippen LogP contribution in [0, 0.1) is 0 Å². The van der Waals surface area contributed by atoms with Crippen molar-refractivity contribution in [2.75, 3.05) is 26.9 Å². The van der Waals surface area contributed by atoms with Gasteiger partial charge >= 0.3 is 0 Å². The summed E-state index contributed by atoms with van der Waals surface area (Å²) in [5, 5.41) is 3.41. The van der Waals surface area contributed by atoms with Gasteiger partial charge in [-0.2, -0.15) is 0 Å². The number of methoxy groups -OCH3 is 1. The van der Waals surface area contributed by atoms with Gasteiger partial charge in [0.05, 0.1) is 26.9 Å². The van der Waals surface area contributed by atoms with Crippen molar-refractivity contribution in [2.45, 2.75) is 40.0 Å². The smallest absolute Gasteiger partial charge is 0.124 e. The van der Waals surface area contributed by atoms with Crippen molar-refractivity contribution in [3.63, 3.8) is 0 Å². The molecule has 1 aromatic carbocycles. The Labute approximate surface area is 122 Å². The lowest BCUT2D eigenvalue weighted by molar-refractivity contribution is 0.0446. The van der Waals surface area contributed by atoms with Crippen LogP contribution in [0.25, 0.3) is 0 Å². The van der Waals surface area contributed by atoms with Gasteiger partial charge in [-0.15, -0.1) is 0 Å². The minimum atomic E-state index is 0.475. The molecule has 114 valence electrons. The van der Waals surface area contributed by atoms with Gasteiger partial charge in [0.25, 0.3) is 0 Å². The maximum atomic E-state index is 5.62. The maximum absolute atomic E-state index is 5.62. The molecule has 0 saturated carbocycles. The van der Waals surface area contributed by atoms with Crippen molar-refractivity contribution in [3.05, 3.63) is 29.3 Å². The Balaban J connectivity index is 2.54. The molecule has 0 radical (unpaired) electrons. The highest BCUT2D eigenvalue weighted by molar-refractivity contribution is 5.36. The zero-order valence-corrected chi connectivity index (χ0v) is 13.1. The SMILES string of the molecule is CCOCCOCc1cc(CNC(C)C)ccc1OC. The van der Waals surface area contributed by atoms with Crippen molar-refractivity contribution < 1.29 is 14.2 Å². The molecule has 0 spiro atoms. The van der Waals surface area contributed by atoms with Gasteiger partial charge in [-0.3, -0.25) is 0 Å². The third-order valence-corrected chi connectivity index (χ3v) is 2.89. The molecule has 0 atom stereocenters. The van der Waals surface area contributed by atoms with Crippen LogP contribution in [-0.2, 0) is 22.6 Å². The van der Waals surface area contributed by atoms with Crippen LogP contribution in [-0.4, -0.2) is 33.0 Å². The fraction of sp³-hybridized carbons (Fsp3) is 0.625. The van der Waals surface area contributed by atoms with Crippen LogP contribution >= 0.6 is 0 Å². The van der Waals surface area contributed by atoms with E-state index in [1.807, 2.05) is 13.0 Å². The topological polar surface area (TPSA) is 39.7 Å². The van der Waals surface area contributed by atoms with E-state index in [-0.39, 0.29) is 0 Å². The van der Waals surface area contributed by atoms with Gasteiger partial charge in [0, 0.05) is 24.8 Å². The Kier molecular flexibility index (Phi) is 8.26. The van der Waals surface area contributed by atoms with Gasteiger partial charge in [0.2, 0.25) is 0 Å². The molecule has 0 heterocycles. The second-order valence-corrected chi connectivity index (χ2v) is 4.93. The van der Waals surface area contributed by atoms with Gasteiger partial charge in [-0.05, 0) is 24.6 Å². The second-order valence-electron chi connectivity index (χ2n) is 4.93. The molecule has 4 nitrogen and oxygen atoms in total. The molecule has 0 aliphatic heterocycles. The monoisotopic (exact) mass is 281 g/mol. The molecule has 0 aromatic heterocycles. The number of nitrogens with one attached hydrogen (secondary N) is 1. The highest BCUT2D eigenvalue weighted by Gasteiger charge is 2.05. The Bertz CT molecular complexity index is 380. The van der Waals surface area contributed by atoms with Gasteiger partial charge in [0.1, 0.15) is 5.75 Å². The first-order chi connectivity index (χ1) is 9.67. The zero-order chi connectivity index (χ0) is 14.8. The molecule has 1 aromatic rings. The summed E-state index contributed by atoms with van der Waals surface area (Å²) in [5.41, 5.74) is 2.31. The lowest BCUT2D eigenvalue weighted by Crippen LogP contribution is -2.21. The molecular weight excluding hydrogens is 254 g/mol. The van der Waals surface area contributed by atoms with Crippen molar-refractivity contribution in [2.24, 2.45) is 0 Å². The first-order valence-electron chi connectivity index (χ1n) is 7.22. The summed E-state index contributed by atoms with van der Waals surface area (Å²) in [5.74, 6) is 0.870. The Morgan fingerprint density at radius 2 is 1.90 bits per heavy atom. The third-order valence-electron chi connectivity index (χ3n) is 2.89. The number of ether oxygens (including phenoxy) is 3. The molecule has 0 fully saturated rings. The molecular formula is C16H27NO3. The van der Waals surface area contributed by atoms with E-state index in [4.69, 9.17) is 14.2 Å². The summed E-state index contributed by atoms with van der Waals surface area (Å²) in [4.78, 5) is 0. The first-order valence-corrected chi connectivity index (χ1v) is 7.22. The lowest BCUT2D eigenvalue weighted by Gasteiger charge is -2.13. The summed E-state index contributed by atoms with van der Waals surface area (Å²) in [6.07, 6.45) is 0. The predicted octanol–water partition coefficient (Wildman–Crippen LogP) is 2.75. The molecule has 1 N–H and O–H groups in total. The minimum absolute atomic E-state index is 0.475. The molecule has 0 bridgehead atoms. The van der Waals surface area contributed by atoms with E-state index in [0.29, 0.717) is 25.9 Å². The summed E-state index contributed by atoms with van der Waals surface area (Å²) in [7, 11) is 1.69. The summed E-state index contributed by atoms with van der Waals surface area (Å²) in [6.45, 7) is 9.62. The average molecular weight is 281 g/mol. The van der Waals surface area contributed by atoms with E-state index < -0.39 is 0 Å². The molecule has 0 saturated heterocycles. The van der Waals surface area contributed by atoms with Crippen LogP contribution in [0.3, 0.4) is 0 Å². The Morgan fingerprint density at radius 3 is 2.55 bits per heavy atom. The average Bonchev–Trinajstić information content (AvgIpc) is 2.45. The summed E-state index contributed by atoms with van der Waals surface area (Å²) < 4.78 is 16.2. The fourth-order valence-corrected chi connectivity index (χ4v) is 1.82. The summed E-state index contributed by atoms with van der Waals surface area (Å²) >= 11 is 0. The van der Waals surface area contributed by atoms with Crippen molar-refractivity contribution in [1.82, 2.24) is 5.32 Å². The largest absolute Gasteiger partial charge is 0.496 e. The van der Waals surface area contributed by atoms with E-state index >= 15 is 0 Å². The number of hydrogen-bond donors (Lipinski definition) is 1. The maximum Gasteiger partial charge on any atom is 0.124 e. The number of hydrogen-bond acceptors (Lipinski definition) is 4. The summed E-state index contributed by atoms with van der Waals surface area (Å²) in [6, 6.07) is 6.69. The molecule has 0 amide bonds. The quantitative estimate of drug-likeness (QED) is 0.669. The molecule has 4 heteroatoms. The third kappa shape index (κ3) is 6.37. The highest BCUT2D eigenvalue weighted by atomic mass is 16.5. The molecule has 0 unspecified atom stereocenters. The van der Waals surface area contributed by atoms with Crippen molar-refractivity contribution in [3.8, 4) is 5.75 Å². The van der Waals surface area contributed by atoms with E-state index in [1.165, 1.54) is 5.56 Å². The fourth-order valence-electron chi connectivity index (χ4n) is 1.82. The molecule has 20 heavy (non-hydrogen) atoms. The Morgan fingerprint density at radius 1 is 1.15 bits per heavy atom. The van der Waals surface area contributed by atoms with Crippen molar-refractivity contribution >= 4 is 0 Å². The van der Waals surface area contributed by atoms with E-state index in [9.17, 15) is 0 Å². The number of rotatable bonds is 10. The highest BCUT2D eigenvalue weighted by Crippen LogP contribution is 2.20. The minimum Gasteiger partial charge on any atom is -0.496 e. The molecule has 1 rings (SSSR count). The predicted molar refractivity (Wildman–Crippen MR) is 81.1 cm³/mol. The van der Waals surface area contributed by atoms with E-state index in [0.717, 1.165) is 24.5 Å². The lowest BCUT2D eigenvalue weighted by atomic mass is 10.1. The van der Waals surface area contributed by atoms with E-state index in [2.05, 4.69) is 31.3 Å². The van der Waals surface area contributed by atoms with Gasteiger partial charge in [0.15, 0.2) is 0 Å². The van der Waals surface area contributed by atoms with Crippen LogP contribution in [0.1, 0.15) is 31.9 Å². The van der Waals surface area contributed by atoms with Crippen LogP contribution in [0.4, 0.5) is 0 Å². The zero-order valence-electron chi connectivity index (χ0n) is 13.1. The molecule has 0 aliphatic rings. The van der Waals surface area contributed by atoms with Gasteiger partial charge in [-0.1, -0.05) is 19.9 Å². The van der Waals surface area contributed by atoms with Gasteiger partial charge < -0.3 is 19.5 Å². The van der Waals surface area contributed by atoms with Crippen molar-refractivity contribution in [1.29, 1.82) is 0 Å². The number of benzene rings is 1. The van der Waals surface area contributed by atoms with Crippen LogP contribution in [0.15, 0.2) is 18.2 Å². The standard InChI is InChI=1S/C16H27NO3/c1-5-19-8-9-20-12-15-10-14(11-17-13(2)3)6-7-16(15)18-4/h6-7,10,13,17H,5,8-9,11-12H2,1-4H3. The second kappa shape index (κ2) is 9.75. The molecule has 0 aliphatic carbocycles. The van der Waals surface area contributed by atoms with E-state index in [1.54, 1.807) is 7.11 Å².